The van der Waals surface area contributed by atoms with Gasteiger partial charge >= 0.3 is 0 Å². The third-order valence-electron chi connectivity index (χ3n) is 3.69. The van der Waals surface area contributed by atoms with Gasteiger partial charge in [-0.25, -0.2) is 15.0 Å². The van der Waals surface area contributed by atoms with E-state index < -0.39 is 0 Å². The van der Waals surface area contributed by atoms with Crippen molar-refractivity contribution in [1.82, 2.24) is 15.0 Å². The van der Waals surface area contributed by atoms with Crippen molar-refractivity contribution in [3.63, 3.8) is 0 Å². The summed E-state index contributed by atoms with van der Waals surface area (Å²) in [6.45, 7) is 3.61. The summed E-state index contributed by atoms with van der Waals surface area (Å²) < 4.78 is 1.14. The zero-order valence-electron chi connectivity index (χ0n) is 13.4. The largest absolute Gasteiger partial charge is 0.268 e. The molecule has 0 saturated carbocycles. The van der Waals surface area contributed by atoms with Gasteiger partial charge in [-0.15, -0.1) is 22.7 Å². The van der Waals surface area contributed by atoms with Crippen molar-refractivity contribution < 1.29 is 0 Å². The molecule has 7 heteroatoms. The lowest BCUT2D eigenvalue weighted by Crippen LogP contribution is -2.01. The molecule has 0 saturated heterocycles. The van der Waals surface area contributed by atoms with Crippen LogP contribution in [0.15, 0.2) is 58.2 Å². The topological polar surface area (TPSA) is 63.4 Å². The molecule has 0 radical (unpaired) electrons. The maximum absolute atomic E-state index is 4.79. The Hall–Kier alpha value is -2.77. The molecule has 5 nitrogen and oxygen atoms in total. The van der Waals surface area contributed by atoms with E-state index in [0.29, 0.717) is 5.84 Å². The van der Waals surface area contributed by atoms with Crippen LogP contribution in [0, 0.1) is 0 Å². The summed E-state index contributed by atoms with van der Waals surface area (Å²) in [5.74, 6) is 0.544. The smallest absolute Gasteiger partial charge is 0.173 e. The fraction of sp³-hybridized carbons (Fsp3) is 0.0556. The van der Waals surface area contributed by atoms with Crippen molar-refractivity contribution in [2.75, 3.05) is 7.05 Å². The van der Waals surface area contributed by atoms with Crippen LogP contribution >= 0.6 is 22.7 Å². The molecule has 25 heavy (non-hydrogen) atoms. The molecule has 0 amide bonds. The van der Waals surface area contributed by atoms with E-state index in [-0.39, 0.29) is 0 Å². The number of aromatic nitrogens is 3. The predicted molar refractivity (Wildman–Crippen MR) is 106 cm³/mol. The zero-order valence-corrected chi connectivity index (χ0v) is 15.0. The minimum Gasteiger partial charge on any atom is -0.268 e. The van der Waals surface area contributed by atoms with Gasteiger partial charge in [0.25, 0.3) is 0 Å². The first-order valence-corrected chi connectivity index (χ1v) is 9.18. The second kappa shape index (κ2) is 6.62. The van der Waals surface area contributed by atoms with Crippen molar-refractivity contribution in [2.24, 2.45) is 9.98 Å². The minimum absolute atomic E-state index is 0.544. The normalized spacial score (nSPS) is 11.8. The number of hydrogen-bond donors (Lipinski definition) is 0. The van der Waals surface area contributed by atoms with Crippen molar-refractivity contribution >= 4 is 45.3 Å². The molecule has 4 heterocycles. The van der Waals surface area contributed by atoms with Crippen LogP contribution in [-0.4, -0.2) is 34.6 Å². The van der Waals surface area contributed by atoms with Gasteiger partial charge in [0.05, 0.1) is 10.6 Å². The Morgan fingerprint density at radius 2 is 2.16 bits per heavy atom. The van der Waals surface area contributed by atoms with Gasteiger partial charge in [-0.2, -0.15) is 0 Å². The van der Waals surface area contributed by atoms with Gasteiger partial charge in [-0.3, -0.25) is 9.98 Å². The number of fused-ring (bicyclic) bond motifs is 1. The fourth-order valence-corrected chi connectivity index (χ4v) is 4.22. The van der Waals surface area contributed by atoms with Crippen LogP contribution in [0.1, 0.15) is 5.69 Å². The highest BCUT2D eigenvalue weighted by Crippen LogP contribution is 2.34. The summed E-state index contributed by atoms with van der Waals surface area (Å²) in [6.07, 6.45) is 5.42. The molecule has 0 aromatic carbocycles. The highest BCUT2D eigenvalue weighted by molar-refractivity contribution is 7.18. The Morgan fingerprint density at radius 1 is 1.24 bits per heavy atom. The molecule has 0 aliphatic carbocycles. The molecule has 4 aromatic heterocycles. The second-order valence-corrected chi connectivity index (χ2v) is 7.14. The van der Waals surface area contributed by atoms with Crippen LogP contribution in [0.5, 0.6) is 0 Å². The van der Waals surface area contributed by atoms with Crippen LogP contribution in [0.2, 0.25) is 0 Å². The van der Waals surface area contributed by atoms with Crippen LogP contribution in [0.3, 0.4) is 0 Å². The highest BCUT2D eigenvalue weighted by Gasteiger charge is 2.15. The standard InChI is InChI=1S/C18H13N5S2/c1-19-17(20-2)16-12-5-7-24-14(12)8-13(23-16)15-10-22-18(25-15)11-4-3-6-21-9-11/h3-10H,1H2,2H3. The lowest BCUT2D eigenvalue weighted by Gasteiger charge is -2.04. The summed E-state index contributed by atoms with van der Waals surface area (Å²) in [5.41, 5.74) is 2.62. The first-order valence-electron chi connectivity index (χ1n) is 7.49. The van der Waals surface area contributed by atoms with Gasteiger partial charge in [0, 0.05) is 41.3 Å². The van der Waals surface area contributed by atoms with E-state index >= 15 is 0 Å². The number of aliphatic imine (C=N–C) groups is 2. The van der Waals surface area contributed by atoms with Crippen LogP contribution < -0.4 is 0 Å². The average molecular weight is 363 g/mol. The molecule has 0 N–H and O–H groups in total. The van der Waals surface area contributed by atoms with Gasteiger partial charge in [-0.05, 0) is 36.4 Å². The number of hydrogen-bond acceptors (Lipinski definition) is 6. The quantitative estimate of drug-likeness (QED) is 0.396. The van der Waals surface area contributed by atoms with Crippen LogP contribution in [0.25, 0.3) is 31.2 Å². The molecule has 0 aliphatic heterocycles. The molecular formula is C18H13N5S2. The van der Waals surface area contributed by atoms with E-state index in [1.807, 2.05) is 36.0 Å². The van der Waals surface area contributed by atoms with Crippen molar-refractivity contribution in [2.45, 2.75) is 0 Å². The maximum atomic E-state index is 4.79. The van der Waals surface area contributed by atoms with Gasteiger partial charge in [0.2, 0.25) is 0 Å². The molecule has 4 rings (SSSR count). The third-order valence-corrected chi connectivity index (χ3v) is 5.62. The van der Waals surface area contributed by atoms with Gasteiger partial charge in [-0.1, -0.05) is 0 Å². The Bertz CT molecular complexity index is 1080. The van der Waals surface area contributed by atoms with E-state index in [2.05, 4.69) is 32.7 Å². The first kappa shape index (κ1) is 15.7. The molecule has 0 aliphatic rings. The lowest BCUT2D eigenvalue weighted by molar-refractivity contribution is 1.29. The second-order valence-electron chi connectivity index (χ2n) is 5.17. The zero-order chi connectivity index (χ0) is 17.2. The van der Waals surface area contributed by atoms with E-state index in [1.54, 1.807) is 35.9 Å². The predicted octanol–water partition coefficient (Wildman–Crippen LogP) is 4.56. The number of thiophene rings is 1. The molecule has 4 aromatic rings. The molecule has 0 spiro atoms. The molecule has 122 valence electrons. The summed E-state index contributed by atoms with van der Waals surface area (Å²) in [5, 5.41) is 4.01. The number of thiazole rings is 1. The van der Waals surface area contributed by atoms with Crippen molar-refractivity contribution in [1.29, 1.82) is 0 Å². The minimum atomic E-state index is 0.544. The Kier molecular flexibility index (Phi) is 4.17. The summed E-state index contributed by atoms with van der Waals surface area (Å²) in [6, 6.07) is 8.03. The van der Waals surface area contributed by atoms with Crippen molar-refractivity contribution in [3.05, 3.63) is 53.9 Å². The van der Waals surface area contributed by atoms with E-state index in [0.717, 1.165) is 36.9 Å². The summed E-state index contributed by atoms with van der Waals surface area (Å²) >= 11 is 3.26. The van der Waals surface area contributed by atoms with Crippen LogP contribution in [0.4, 0.5) is 0 Å². The number of amidine groups is 1. The lowest BCUT2D eigenvalue weighted by atomic mass is 10.2. The van der Waals surface area contributed by atoms with E-state index in [9.17, 15) is 0 Å². The molecule has 0 fully saturated rings. The summed E-state index contributed by atoms with van der Waals surface area (Å²) in [4.78, 5) is 22.7. The molecular weight excluding hydrogens is 350 g/mol. The highest BCUT2D eigenvalue weighted by atomic mass is 32.1. The summed E-state index contributed by atoms with van der Waals surface area (Å²) in [7, 11) is 1.70. The maximum Gasteiger partial charge on any atom is 0.173 e. The van der Waals surface area contributed by atoms with Crippen LogP contribution in [-0.2, 0) is 0 Å². The monoisotopic (exact) mass is 363 g/mol. The Balaban J connectivity index is 1.85. The molecule has 0 unspecified atom stereocenters. The van der Waals surface area contributed by atoms with Gasteiger partial charge in [0.15, 0.2) is 5.84 Å². The number of nitrogens with zero attached hydrogens (tertiary/aromatic N) is 5. The Labute approximate surface area is 152 Å². The average Bonchev–Trinajstić information content (AvgIpc) is 3.33. The number of pyridine rings is 2. The first-order chi connectivity index (χ1) is 12.3. The van der Waals surface area contributed by atoms with Gasteiger partial charge < -0.3 is 0 Å². The SMILES string of the molecule is C=NC(=NC)c1nc(-c2cnc(-c3cccnc3)s2)cc2sccc12. The molecule has 0 atom stereocenters. The fourth-order valence-electron chi connectivity index (χ4n) is 2.53. The van der Waals surface area contributed by atoms with E-state index in [1.165, 1.54) is 0 Å². The molecule has 0 bridgehead atoms. The number of rotatable bonds is 3. The van der Waals surface area contributed by atoms with Crippen molar-refractivity contribution in [3.8, 4) is 21.1 Å². The van der Waals surface area contributed by atoms with E-state index in [4.69, 9.17) is 4.98 Å². The van der Waals surface area contributed by atoms with Gasteiger partial charge in [0.1, 0.15) is 10.7 Å². The third kappa shape index (κ3) is 2.88. The Morgan fingerprint density at radius 3 is 2.92 bits per heavy atom.